The molecule has 0 bridgehead atoms. The average Bonchev–Trinajstić information content (AvgIpc) is 2.55. The SMILES string of the molecule is CCN(CC(=O)O)C1CC(NC(=O)NC[C@@H](O)Cc2ccccc2)C1. The highest BCUT2D eigenvalue weighted by molar-refractivity contribution is 5.74. The molecule has 4 N–H and O–H groups in total. The molecule has 1 fully saturated rings. The lowest BCUT2D eigenvalue weighted by atomic mass is 9.85. The number of aliphatic hydroxyl groups is 1. The van der Waals surface area contributed by atoms with Crippen molar-refractivity contribution in [3.8, 4) is 0 Å². The van der Waals surface area contributed by atoms with Crippen LogP contribution < -0.4 is 10.6 Å². The van der Waals surface area contributed by atoms with Crippen LogP contribution in [-0.2, 0) is 11.2 Å². The number of hydrogen-bond acceptors (Lipinski definition) is 4. The van der Waals surface area contributed by atoms with E-state index in [9.17, 15) is 14.7 Å². The van der Waals surface area contributed by atoms with E-state index in [2.05, 4.69) is 10.6 Å². The van der Waals surface area contributed by atoms with Crippen LogP contribution in [0.2, 0.25) is 0 Å². The van der Waals surface area contributed by atoms with Gasteiger partial charge in [-0.25, -0.2) is 4.79 Å². The zero-order valence-corrected chi connectivity index (χ0v) is 14.5. The summed E-state index contributed by atoms with van der Waals surface area (Å²) in [4.78, 5) is 24.6. The number of nitrogens with zero attached hydrogens (tertiary/aromatic N) is 1. The van der Waals surface area contributed by atoms with Gasteiger partial charge in [-0.2, -0.15) is 0 Å². The number of likely N-dealkylation sites (N-methyl/N-ethyl adjacent to an activating group) is 1. The Balaban J connectivity index is 1.62. The number of nitrogens with one attached hydrogen (secondary N) is 2. The third-order valence-electron chi connectivity index (χ3n) is 4.52. The average molecular weight is 349 g/mol. The summed E-state index contributed by atoms with van der Waals surface area (Å²) in [5.41, 5.74) is 1.03. The fourth-order valence-electron chi connectivity index (χ4n) is 3.08. The normalized spacial score (nSPS) is 20.6. The molecule has 7 heteroatoms. The number of amides is 2. The van der Waals surface area contributed by atoms with Crippen LogP contribution in [0.15, 0.2) is 30.3 Å². The van der Waals surface area contributed by atoms with Crippen LogP contribution in [0.4, 0.5) is 4.79 Å². The number of carboxylic acids is 1. The quantitative estimate of drug-likeness (QED) is 0.529. The first-order valence-electron chi connectivity index (χ1n) is 8.70. The van der Waals surface area contributed by atoms with Crippen LogP contribution in [-0.4, -0.2) is 64.9 Å². The van der Waals surface area contributed by atoms with Crippen molar-refractivity contribution in [2.75, 3.05) is 19.6 Å². The second-order valence-corrected chi connectivity index (χ2v) is 6.48. The molecule has 1 saturated carbocycles. The molecule has 0 heterocycles. The zero-order valence-electron chi connectivity index (χ0n) is 14.5. The van der Waals surface area contributed by atoms with Gasteiger partial charge in [-0.1, -0.05) is 37.3 Å². The summed E-state index contributed by atoms with van der Waals surface area (Å²) < 4.78 is 0. The van der Waals surface area contributed by atoms with Crippen molar-refractivity contribution >= 4 is 12.0 Å². The van der Waals surface area contributed by atoms with Crippen LogP contribution in [0, 0.1) is 0 Å². The number of benzene rings is 1. The monoisotopic (exact) mass is 349 g/mol. The fraction of sp³-hybridized carbons (Fsp3) is 0.556. The van der Waals surface area contributed by atoms with Gasteiger partial charge in [0.1, 0.15) is 0 Å². The van der Waals surface area contributed by atoms with Gasteiger partial charge in [-0.3, -0.25) is 9.69 Å². The van der Waals surface area contributed by atoms with E-state index in [-0.39, 0.29) is 31.2 Å². The van der Waals surface area contributed by atoms with E-state index in [1.54, 1.807) is 0 Å². The van der Waals surface area contributed by atoms with Crippen molar-refractivity contribution in [3.05, 3.63) is 35.9 Å². The molecule has 0 aliphatic heterocycles. The Bertz CT molecular complexity index is 561. The first-order valence-corrected chi connectivity index (χ1v) is 8.70. The third-order valence-corrected chi connectivity index (χ3v) is 4.52. The Morgan fingerprint density at radius 1 is 1.28 bits per heavy atom. The number of rotatable bonds is 9. The summed E-state index contributed by atoms with van der Waals surface area (Å²) in [5.74, 6) is -0.830. The molecule has 7 nitrogen and oxygen atoms in total. The predicted octanol–water partition coefficient (Wildman–Crippen LogP) is 0.827. The molecular weight excluding hydrogens is 322 g/mol. The maximum Gasteiger partial charge on any atom is 0.317 e. The topological polar surface area (TPSA) is 102 Å². The van der Waals surface area contributed by atoms with E-state index in [1.807, 2.05) is 42.2 Å². The number of carbonyl (C=O) groups excluding carboxylic acids is 1. The highest BCUT2D eigenvalue weighted by Crippen LogP contribution is 2.25. The van der Waals surface area contributed by atoms with Crippen molar-refractivity contribution in [3.63, 3.8) is 0 Å². The van der Waals surface area contributed by atoms with Gasteiger partial charge in [0, 0.05) is 25.0 Å². The standard InChI is InChI=1S/C18H27N3O4/c1-2-21(12-17(23)24)15-9-14(10-15)20-18(25)19-11-16(22)8-13-6-4-3-5-7-13/h3-7,14-16,22H,2,8-12H2,1H3,(H,23,24)(H2,19,20,25)/t14?,15?,16-/m0/s1. The Labute approximate surface area is 148 Å². The van der Waals surface area contributed by atoms with E-state index in [0.717, 1.165) is 18.4 Å². The van der Waals surface area contributed by atoms with Crippen molar-refractivity contribution in [1.82, 2.24) is 15.5 Å². The first-order chi connectivity index (χ1) is 12.0. The molecule has 0 spiro atoms. The molecule has 2 amide bonds. The van der Waals surface area contributed by atoms with Gasteiger partial charge in [0.2, 0.25) is 0 Å². The van der Waals surface area contributed by atoms with Crippen LogP contribution in [0.1, 0.15) is 25.3 Å². The number of aliphatic hydroxyl groups excluding tert-OH is 1. The molecule has 25 heavy (non-hydrogen) atoms. The van der Waals surface area contributed by atoms with Gasteiger partial charge < -0.3 is 20.8 Å². The molecule has 138 valence electrons. The summed E-state index contributed by atoms with van der Waals surface area (Å²) in [5, 5.41) is 24.4. The van der Waals surface area contributed by atoms with Crippen molar-refractivity contribution in [1.29, 1.82) is 0 Å². The lowest BCUT2D eigenvalue weighted by Gasteiger charge is -2.42. The molecule has 0 aromatic heterocycles. The van der Waals surface area contributed by atoms with Gasteiger partial charge in [0.25, 0.3) is 0 Å². The lowest BCUT2D eigenvalue weighted by molar-refractivity contribution is -0.139. The fourth-order valence-corrected chi connectivity index (χ4v) is 3.08. The van der Waals surface area contributed by atoms with E-state index < -0.39 is 12.1 Å². The second kappa shape index (κ2) is 9.39. The molecule has 1 aliphatic rings. The van der Waals surface area contributed by atoms with Crippen LogP contribution in [0.5, 0.6) is 0 Å². The van der Waals surface area contributed by atoms with Crippen LogP contribution in [0.25, 0.3) is 0 Å². The van der Waals surface area contributed by atoms with E-state index in [0.29, 0.717) is 13.0 Å². The molecular formula is C18H27N3O4. The predicted molar refractivity (Wildman–Crippen MR) is 94.4 cm³/mol. The molecule has 2 rings (SSSR count). The summed E-state index contributed by atoms with van der Waals surface area (Å²) in [6, 6.07) is 9.59. The Morgan fingerprint density at radius 2 is 1.96 bits per heavy atom. The van der Waals surface area contributed by atoms with Gasteiger partial charge in [0.15, 0.2) is 0 Å². The number of aliphatic carboxylic acids is 1. The van der Waals surface area contributed by atoms with E-state index >= 15 is 0 Å². The number of carboxylic acid groups (broad SMARTS) is 1. The Kier molecular flexibility index (Phi) is 7.21. The Hall–Kier alpha value is -2.12. The number of hydrogen-bond donors (Lipinski definition) is 4. The third kappa shape index (κ3) is 6.36. The zero-order chi connectivity index (χ0) is 18.2. The molecule has 1 aromatic carbocycles. The largest absolute Gasteiger partial charge is 0.480 e. The summed E-state index contributed by atoms with van der Waals surface area (Å²) in [6.45, 7) is 2.84. The summed E-state index contributed by atoms with van der Waals surface area (Å²) >= 11 is 0. The minimum Gasteiger partial charge on any atom is -0.480 e. The molecule has 1 aliphatic carbocycles. The molecule has 0 unspecified atom stereocenters. The smallest absolute Gasteiger partial charge is 0.317 e. The van der Waals surface area contributed by atoms with Crippen LogP contribution >= 0.6 is 0 Å². The second-order valence-electron chi connectivity index (χ2n) is 6.48. The number of urea groups is 1. The van der Waals surface area contributed by atoms with Crippen molar-refractivity contribution < 1.29 is 19.8 Å². The van der Waals surface area contributed by atoms with E-state index in [4.69, 9.17) is 5.11 Å². The highest BCUT2D eigenvalue weighted by Gasteiger charge is 2.34. The summed E-state index contributed by atoms with van der Waals surface area (Å²) in [6.07, 6.45) is 1.36. The molecule has 1 atom stereocenters. The minimum absolute atomic E-state index is 0.0335. The minimum atomic E-state index is -0.830. The Morgan fingerprint density at radius 3 is 2.56 bits per heavy atom. The van der Waals surface area contributed by atoms with Crippen molar-refractivity contribution in [2.24, 2.45) is 0 Å². The maximum atomic E-state index is 11.9. The highest BCUT2D eigenvalue weighted by atomic mass is 16.4. The summed E-state index contributed by atoms with van der Waals surface area (Å²) in [7, 11) is 0. The lowest BCUT2D eigenvalue weighted by Crippen LogP contribution is -2.56. The van der Waals surface area contributed by atoms with E-state index in [1.165, 1.54) is 0 Å². The van der Waals surface area contributed by atoms with Gasteiger partial charge in [0.05, 0.1) is 12.6 Å². The molecule has 1 aromatic rings. The maximum absolute atomic E-state index is 11.9. The van der Waals surface area contributed by atoms with Gasteiger partial charge >= 0.3 is 12.0 Å². The first kappa shape index (κ1) is 19.2. The van der Waals surface area contributed by atoms with Gasteiger partial charge in [-0.15, -0.1) is 0 Å². The van der Waals surface area contributed by atoms with Gasteiger partial charge in [-0.05, 0) is 24.9 Å². The number of carbonyl (C=O) groups is 2. The van der Waals surface area contributed by atoms with Crippen molar-refractivity contribution in [2.45, 2.75) is 44.4 Å². The molecule has 0 saturated heterocycles. The molecule has 0 radical (unpaired) electrons. The van der Waals surface area contributed by atoms with Crippen LogP contribution in [0.3, 0.4) is 0 Å².